The highest BCUT2D eigenvalue weighted by atomic mass is 35.5. The van der Waals surface area contributed by atoms with Crippen LogP contribution >= 0.6 is 12.4 Å². The number of unbranched alkanes of at least 4 members (excludes halogenated alkanes) is 1. The largest absolute Gasteiger partial charge is 0.496 e. The molecule has 0 radical (unpaired) electrons. The van der Waals surface area contributed by atoms with Crippen LogP contribution < -0.4 is 16.2 Å². The Bertz CT molecular complexity index is 331. The molecule has 0 saturated heterocycles. The minimum atomic E-state index is 0. The third kappa shape index (κ3) is 4.94. The highest BCUT2D eigenvalue weighted by Crippen LogP contribution is 2.24. The number of hydrogen-bond acceptors (Lipinski definition) is 3. The molecule has 0 heterocycles. The van der Waals surface area contributed by atoms with Crippen molar-refractivity contribution in [1.29, 1.82) is 0 Å². The second kappa shape index (κ2) is 8.34. The van der Waals surface area contributed by atoms with Crippen molar-refractivity contribution in [3.8, 4) is 5.75 Å². The van der Waals surface area contributed by atoms with Gasteiger partial charge in [-0.3, -0.25) is 0 Å². The molecule has 0 aromatic heterocycles. The number of benzene rings is 1. The molecule has 98 valence electrons. The molecular weight excluding hydrogens is 236 g/mol. The van der Waals surface area contributed by atoms with Gasteiger partial charge < -0.3 is 16.2 Å². The third-order valence-electron chi connectivity index (χ3n) is 2.83. The van der Waals surface area contributed by atoms with E-state index in [-0.39, 0.29) is 18.4 Å². The van der Waals surface area contributed by atoms with Crippen molar-refractivity contribution in [2.45, 2.75) is 32.2 Å². The van der Waals surface area contributed by atoms with Crippen LogP contribution in [0.3, 0.4) is 0 Å². The van der Waals surface area contributed by atoms with E-state index in [0.29, 0.717) is 0 Å². The maximum Gasteiger partial charge on any atom is 0.122 e. The van der Waals surface area contributed by atoms with Gasteiger partial charge in [0, 0.05) is 6.04 Å². The van der Waals surface area contributed by atoms with Crippen LogP contribution in [0.5, 0.6) is 5.75 Å². The smallest absolute Gasteiger partial charge is 0.122 e. The zero-order chi connectivity index (χ0) is 12.0. The maximum absolute atomic E-state index is 6.11. The van der Waals surface area contributed by atoms with E-state index in [1.165, 1.54) is 0 Å². The van der Waals surface area contributed by atoms with E-state index < -0.39 is 0 Å². The molecule has 4 N–H and O–H groups in total. The van der Waals surface area contributed by atoms with Crippen molar-refractivity contribution >= 4 is 12.4 Å². The van der Waals surface area contributed by atoms with E-state index in [0.717, 1.165) is 42.7 Å². The topological polar surface area (TPSA) is 61.3 Å². The van der Waals surface area contributed by atoms with Crippen molar-refractivity contribution in [3.63, 3.8) is 0 Å². The average Bonchev–Trinajstić information content (AvgIpc) is 2.30. The van der Waals surface area contributed by atoms with Gasteiger partial charge in [0.25, 0.3) is 0 Å². The fraction of sp³-hybridized carbons (Fsp3) is 0.538. The molecule has 0 fully saturated rings. The first-order chi connectivity index (χ1) is 7.69. The van der Waals surface area contributed by atoms with Crippen LogP contribution in [0.25, 0.3) is 0 Å². The summed E-state index contributed by atoms with van der Waals surface area (Å²) >= 11 is 0. The summed E-state index contributed by atoms with van der Waals surface area (Å²) in [5.74, 6) is 0.909. The van der Waals surface area contributed by atoms with Gasteiger partial charge in [0.2, 0.25) is 0 Å². The molecule has 0 aliphatic heterocycles. The summed E-state index contributed by atoms with van der Waals surface area (Å²) in [5, 5.41) is 0. The molecule has 1 rings (SSSR count). The van der Waals surface area contributed by atoms with Gasteiger partial charge in [-0.2, -0.15) is 0 Å². The lowest BCUT2D eigenvalue weighted by Gasteiger charge is -2.14. The van der Waals surface area contributed by atoms with Gasteiger partial charge >= 0.3 is 0 Å². The van der Waals surface area contributed by atoms with E-state index in [9.17, 15) is 0 Å². The van der Waals surface area contributed by atoms with E-state index in [1.807, 2.05) is 13.0 Å². The first kappa shape index (κ1) is 16.2. The highest BCUT2D eigenvalue weighted by Gasteiger charge is 2.08. The first-order valence-electron chi connectivity index (χ1n) is 5.79. The van der Waals surface area contributed by atoms with Crippen LogP contribution in [0.15, 0.2) is 18.2 Å². The summed E-state index contributed by atoms with van der Waals surface area (Å²) in [5.41, 5.74) is 13.8. The quantitative estimate of drug-likeness (QED) is 0.771. The van der Waals surface area contributed by atoms with Gasteiger partial charge in [-0.05, 0) is 43.5 Å². The summed E-state index contributed by atoms with van der Waals surface area (Å²) < 4.78 is 5.29. The van der Waals surface area contributed by atoms with Crippen molar-refractivity contribution in [1.82, 2.24) is 0 Å². The predicted octanol–water partition coefficient (Wildman–Crippen LogP) is 2.55. The molecule has 0 aliphatic carbocycles. The second-order valence-corrected chi connectivity index (χ2v) is 4.12. The molecule has 0 spiro atoms. The Labute approximate surface area is 110 Å². The predicted molar refractivity (Wildman–Crippen MR) is 74.8 cm³/mol. The normalized spacial score (nSPS) is 11.8. The molecule has 1 atom stereocenters. The van der Waals surface area contributed by atoms with Crippen LogP contribution in [-0.4, -0.2) is 13.7 Å². The molecule has 4 heteroatoms. The molecule has 0 amide bonds. The lowest BCUT2D eigenvalue weighted by Crippen LogP contribution is -2.11. The Morgan fingerprint density at radius 3 is 2.59 bits per heavy atom. The van der Waals surface area contributed by atoms with E-state index in [4.69, 9.17) is 16.2 Å². The Balaban J connectivity index is 0.00000256. The van der Waals surface area contributed by atoms with Crippen LogP contribution in [0.1, 0.15) is 36.4 Å². The van der Waals surface area contributed by atoms with Gasteiger partial charge in [-0.1, -0.05) is 18.6 Å². The maximum atomic E-state index is 6.11. The molecule has 0 unspecified atom stereocenters. The van der Waals surface area contributed by atoms with Crippen LogP contribution in [0, 0.1) is 6.92 Å². The number of rotatable bonds is 6. The minimum Gasteiger partial charge on any atom is -0.496 e. The van der Waals surface area contributed by atoms with Crippen molar-refractivity contribution < 1.29 is 4.74 Å². The average molecular weight is 259 g/mol. The van der Waals surface area contributed by atoms with Gasteiger partial charge in [-0.15, -0.1) is 12.4 Å². The second-order valence-electron chi connectivity index (χ2n) is 4.12. The number of halogens is 1. The van der Waals surface area contributed by atoms with Crippen LogP contribution in [-0.2, 0) is 0 Å². The zero-order valence-electron chi connectivity index (χ0n) is 10.6. The lowest BCUT2D eigenvalue weighted by atomic mass is 10.0. The highest BCUT2D eigenvalue weighted by molar-refractivity contribution is 5.85. The molecular formula is C13H23ClN2O. The molecule has 0 bridgehead atoms. The Morgan fingerprint density at radius 2 is 2.00 bits per heavy atom. The van der Waals surface area contributed by atoms with E-state index in [2.05, 4.69) is 12.1 Å². The summed E-state index contributed by atoms with van der Waals surface area (Å²) in [4.78, 5) is 0. The van der Waals surface area contributed by atoms with Crippen molar-refractivity contribution in [2.24, 2.45) is 11.5 Å². The van der Waals surface area contributed by atoms with Crippen LogP contribution in [0.2, 0.25) is 0 Å². The van der Waals surface area contributed by atoms with E-state index >= 15 is 0 Å². The number of aryl methyl sites for hydroxylation is 1. The minimum absolute atomic E-state index is 0. The molecule has 0 saturated carbocycles. The third-order valence-corrected chi connectivity index (χ3v) is 2.83. The van der Waals surface area contributed by atoms with E-state index in [1.54, 1.807) is 7.11 Å². The standard InChI is InChI=1S/C13H22N2O.ClH/c1-10-6-7-11(9-13(10)16-2)12(15)5-3-4-8-14;/h6-7,9,12H,3-5,8,14-15H2,1-2H3;1H/t12-;/m0./s1. The number of methoxy groups -OCH3 is 1. The van der Waals surface area contributed by atoms with Crippen molar-refractivity contribution in [3.05, 3.63) is 29.3 Å². The summed E-state index contributed by atoms with van der Waals surface area (Å²) in [6.45, 7) is 2.77. The fourth-order valence-corrected chi connectivity index (χ4v) is 1.74. The lowest BCUT2D eigenvalue weighted by molar-refractivity contribution is 0.410. The number of hydrogen-bond donors (Lipinski definition) is 2. The molecule has 17 heavy (non-hydrogen) atoms. The Kier molecular flexibility index (Phi) is 7.96. The van der Waals surface area contributed by atoms with Crippen molar-refractivity contribution in [2.75, 3.05) is 13.7 Å². The first-order valence-corrected chi connectivity index (χ1v) is 5.79. The van der Waals surface area contributed by atoms with Gasteiger partial charge in [0.1, 0.15) is 5.75 Å². The summed E-state index contributed by atoms with van der Waals surface area (Å²) in [6, 6.07) is 6.24. The monoisotopic (exact) mass is 258 g/mol. The SMILES string of the molecule is COc1cc([C@@H](N)CCCCN)ccc1C.Cl. The van der Waals surface area contributed by atoms with Gasteiger partial charge in [-0.25, -0.2) is 0 Å². The zero-order valence-corrected chi connectivity index (χ0v) is 11.4. The molecule has 0 aliphatic rings. The van der Waals surface area contributed by atoms with Gasteiger partial charge in [0.15, 0.2) is 0 Å². The van der Waals surface area contributed by atoms with Gasteiger partial charge in [0.05, 0.1) is 7.11 Å². The Hall–Kier alpha value is -0.770. The van der Waals surface area contributed by atoms with Crippen LogP contribution in [0.4, 0.5) is 0 Å². The summed E-state index contributed by atoms with van der Waals surface area (Å²) in [7, 11) is 1.69. The fourth-order valence-electron chi connectivity index (χ4n) is 1.74. The Morgan fingerprint density at radius 1 is 1.29 bits per heavy atom. The number of nitrogens with two attached hydrogens (primary N) is 2. The number of ether oxygens (including phenoxy) is 1. The molecule has 1 aromatic carbocycles. The molecule has 1 aromatic rings. The summed E-state index contributed by atoms with van der Waals surface area (Å²) in [6.07, 6.45) is 3.09. The molecule has 3 nitrogen and oxygen atoms in total.